The molecule has 0 amide bonds. The molecule has 154 valence electrons. The second kappa shape index (κ2) is 6.86. The fourth-order valence-electron chi connectivity index (χ4n) is 7.98. The average molecular weight is 411 g/mol. The Morgan fingerprint density at radius 2 is 1.70 bits per heavy atom. The number of thioether (sulfide) groups is 2. The normalized spacial score (nSPS) is 48.7. The zero-order valence-electron chi connectivity index (χ0n) is 17.9. The van der Waals surface area contributed by atoms with Gasteiger partial charge in [-0.25, -0.2) is 0 Å². The molecule has 4 heteroatoms. The zero-order chi connectivity index (χ0) is 19.5. The molecule has 0 unspecified atom stereocenters. The number of ether oxygens (including phenoxy) is 1. The van der Waals surface area contributed by atoms with Gasteiger partial charge in [0.1, 0.15) is 0 Å². The summed E-state index contributed by atoms with van der Waals surface area (Å²) in [6.45, 7) is 9.78. The van der Waals surface area contributed by atoms with Gasteiger partial charge in [-0.15, -0.1) is 23.5 Å². The van der Waals surface area contributed by atoms with Crippen LogP contribution in [-0.2, 0) is 9.53 Å². The first-order valence-electron chi connectivity index (χ1n) is 11.1. The van der Waals surface area contributed by atoms with Gasteiger partial charge in [0.15, 0.2) is 0 Å². The molecule has 6 atom stereocenters. The summed E-state index contributed by atoms with van der Waals surface area (Å²) in [6, 6.07) is 0. The number of carbonyl (C=O) groups is 1. The number of rotatable bonds is 2. The molecule has 1 heterocycles. The molecule has 1 aliphatic heterocycles. The molecular weight excluding hydrogens is 372 g/mol. The monoisotopic (exact) mass is 410 g/mol. The van der Waals surface area contributed by atoms with Crippen molar-refractivity contribution in [1.82, 2.24) is 0 Å². The highest BCUT2D eigenvalue weighted by molar-refractivity contribution is 8.21. The Kier molecular flexibility index (Phi) is 5.19. The molecule has 27 heavy (non-hydrogen) atoms. The maximum Gasteiger partial charge on any atom is 0.311 e. The number of hydrogen-bond acceptors (Lipinski definition) is 4. The summed E-state index contributed by atoms with van der Waals surface area (Å²) in [4.78, 5) is 12.8. The van der Waals surface area contributed by atoms with Crippen LogP contribution >= 0.6 is 23.5 Å². The highest BCUT2D eigenvalue weighted by Crippen LogP contribution is 2.73. The molecule has 0 bridgehead atoms. The largest absolute Gasteiger partial charge is 0.469 e. The van der Waals surface area contributed by atoms with E-state index >= 15 is 0 Å². The van der Waals surface area contributed by atoms with Crippen molar-refractivity contribution in [3.63, 3.8) is 0 Å². The number of methoxy groups -OCH3 is 1. The van der Waals surface area contributed by atoms with Crippen molar-refractivity contribution in [2.24, 2.45) is 34.0 Å². The summed E-state index contributed by atoms with van der Waals surface area (Å²) in [5.74, 6) is 4.78. The highest BCUT2D eigenvalue weighted by Gasteiger charge is 2.67. The van der Waals surface area contributed by atoms with Crippen LogP contribution in [0.1, 0.15) is 79.1 Å². The lowest BCUT2D eigenvalue weighted by molar-refractivity contribution is -0.177. The molecule has 1 spiro atoms. The van der Waals surface area contributed by atoms with Crippen molar-refractivity contribution in [3.05, 3.63) is 0 Å². The number of fused-ring (bicyclic) bond motifs is 4. The molecule has 4 aliphatic rings. The lowest BCUT2D eigenvalue weighted by Gasteiger charge is -2.66. The van der Waals surface area contributed by atoms with Crippen molar-refractivity contribution >= 4 is 29.5 Å². The van der Waals surface area contributed by atoms with Crippen LogP contribution in [0.25, 0.3) is 0 Å². The van der Waals surface area contributed by atoms with Crippen LogP contribution in [0.4, 0.5) is 0 Å². The van der Waals surface area contributed by atoms with Gasteiger partial charge in [-0.2, -0.15) is 0 Å². The van der Waals surface area contributed by atoms with Crippen LogP contribution in [0.5, 0.6) is 0 Å². The van der Waals surface area contributed by atoms with Crippen LogP contribution in [0.2, 0.25) is 0 Å². The Labute approximate surface area is 174 Å². The number of hydrogen-bond donors (Lipinski definition) is 0. The van der Waals surface area contributed by atoms with Crippen molar-refractivity contribution in [3.8, 4) is 0 Å². The van der Waals surface area contributed by atoms with E-state index in [0.29, 0.717) is 20.8 Å². The molecule has 0 aromatic heterocycles. The van der Waals surface area contributed by atoms with E-state index in [1.807, 2.05) is 0 Å². The smallest absolute Gasteiger partial charge is 0.311 e. The molecule has 4 fully saturated rings. The van der Waals surface area contributed by atoms with Gasteiger partial charge in [-0.05, 0) is 80.5 Å². The van der Waals surface area contributed by atoms with E-state index in [0.717, 1.165) is 18.3 Å². The van der Waals surface area contributed by atoms with Crippen molar-refractivity contribution < 1.29 is 9.53 Å². The Morgan fingerprint density at radius 1 is 1.00 bits per heavy atom. The number of esters is 1. The van der Waals surface area contributed by atoms with Crippen LogP contribution in [0.3, 0.4) is 0 Å². The summed E-state index contributed by atoms with van der Waals surface area (Å²) < 4.78 is 5.73. The Morgan fingerprint density at radius 3 is 2.33 bits per heavy atom. The van der Waals surface area contributed by atoms with Gasteiger partial charge in [0, 0.05) is 11.5 Å². The Bertz CT molecular complexity index is 601. The predicted molar refractivity (Wildman–Crippen MR) is 117 cm³/mol. The molecule has 0 radical (unpaired) electrons. The summed E-state index contributed by atoms with van der Waals surface area (Å²) >= 11 is 4.61. The number of carbonyl (C=O) groups excluding carboxylic acids is 1. The van der Waals surface area contributed by atoms with Gasteiger partial charge in [-0.3, -0.25) is 4.79 Å². The van der Waals surface area contributed by atoms with Gasteiger partial charge in [0.2, 0.25) is 0 Å². The second-order valence-electron chi connectivity index (χ2n) is 10.4. The van der Waals surface area contributed by atoms with Gasteiger partial charge in [-0.1, -0.05) is 27.2 Å². The lowest BCUT2D eigenvalue weighted by Crippen LogP contribution is -2.62. The first kappa shape index (κ1) is 20.4. The quantitative estimate of drug-likeness (QED) is 0.493. The van der Waals surface area contributed by atoms with Crippen molar-refractivity contribution in [2.75, 3.05) is 18.6 Å². The molecule has 0 aromatic rings. The molecule has 3 saturated carbocycles. The molecule has 0 aromatic carbocycles. The summed E-state index contributed by atoms with van der Waals surface area (Å²) in [6.07, 6.45) is 10.1. The van der Waals surface area contributed by atoms with Gasteiger partial charge in [0.25, 0.3) is 0 Å². The van der Waals surface area contributed by atoms with Crippen LogP contribution in [0, 0.1) is 34.0 Å². The van der Waals surface area contributed by atoms with Gasteiger partial charge >= 0.3 is 5.97 Å². The maximum atomic E-state index is 12.8. The minimum absolute atomic E-state index is 0.0467. The molecule has 0 N–H and O–H groups in total. The summed E-state index contributed by atoms with van der Waals surface area (Å²) in [5.41, 5.74) is 0.487. The van der Waals surface area contributed by atoms with Gasteiger partial charge in [0.05, 0.1) is 16.6 Å². The van der Waals surface area contributed by atoms with Crippen molar-refractivity contribution in [1.29, 1.82) is 0 Å². The SMILES string of the molecule is CC[C@@]1(C)CC[C@@H]2[C@H](CC[C@@H]3[C@]2(C)CCC[C@@]3(C)C(=O)OC)C12SCCS2. The first-order chi connectivity index (χ1) is 12.8. The Hall–Kier alpha value is 0.170. The third-order valence-electron chi connectivity index (χ3n) is 9.56. The molecule has 1 saturated heterocycles. The van der Waals surface area contributed by atoms with E-state index in [4.69, 9.17) is 4.74 Å². The highest BCUT2D eigenvalue weighted by atomic mass is 32.2. The van der Waals surface area contributed by atoms with Crippen LogP contribution < -0.4 is 0 Å². The topological polar surface area (TPSA) is 26.3 Å². The Balaban J connectivity index is 1.72. The van der Waals surface area contributed by atoms with Crippen molar-refractivity contribution in [2.45, 2.75) is 83.1 Å². The second-order valence-corrected chi connectivity index (χ2v) is 13.4. The average Bonchev–Trinajstić information content (AvgIpc) is 3.15. The predicted octanol–water partition coefficient (Wildman–Crippen LogP) is 6.38. The lowest BCUT2D eigenvalue weighted by atomic mass is 9.42. The van der Waals surface area contributed by atoms with Crippen LogP contribution in [-0.4, -0.2) is 28.7 Å². The third-order valence-corrected chi connectivity index (χ3v) is 13.8. The maximum absolute atomic E-state index is 12.8. The standard InChI is InChI=1S/C23H38O2S2/c1-6-20(2)13-10-16-17(23(20)26-14-15-27-23)8-9-18-21(16,3)11-7-12-22(18,4)19(24)25-5/h16-18H,6-15H2,1-5H3/t16-,17+,18-,20+,21-,22-/m1/s1. The fourth-order valence-corrected chi connectivity index (χ4v) is 12.3. The van der Waals surface area contributed by atoms with E-state index < -0.39 is 0 Å². The molecular formula is C23H38O2S2. The molecule has 2 nitrogen and oxygen atoms in total. The van der Waals surface area contributed by atoms with E-state index in [2.05, 4.69) is 51.2 Å². The zero-order valence-corrected chi connectivity index (χ0v) is 19.6. The van der Waals surface area contributed by atoms with E-state index in [-0.39, 0.29) is 11.4 Å². The fraction of sp³-hybridized carbons (Fsp3) is 0.957. The minimum Gasteiger partial charge on any atom is -0.469 e. The minimum atomic E-state index is -0.276. The molecule has 4 rings (SSSR count). The van der Waals surface area contributed by atoms with E-state index in [1.165, 1.54) is 56.5 Å². The molecule has 3 aliphatic carbocycles. The van der Waals surface area contributed by atoms with Crippen LogP contribution in [0.15, 0.2) is 0 Å². The van der Waals surface area contributed by atoms with Gasteiger partial charge < -0.3 is 4.74 Å². The van der Waals surface area contributed by atoms with E-state index in [1.54, 1.807) is 7.11 Å². The first-order valence-corrected chi connectivity index (χ1v) is 13.1. The van der Waals surface area contributed by atoms with E-state index in [9.17, 15) is 4.79 Å². The third kappa shape index (κ3) is 2.64. The summed E-state index contributed by atoms with van der Waals surface area (Å²) in [7, 11) is 1.58. The summed E-state index contributed by atoms with van der Waals surface area (Å²) in [5, 5.41) is 0.